The maximum Gasteiger partial charge on any atom is 0.419 e. The summed E-state index contributed by atoms with van der Waals surface area (Å²) in [5, 5.41) is 0. The maximum absolute atomic E-state index is 13.3. The van der Waals surface area contributed by atoms with E-state index in [-0.39, 0.29) is 6.04 Å². The molecule has 17 heavy (non-hydrogen) atoms. The van der Waals surface area contributed by atoms with Crippen LogP contribution in [-0.2, 0) is 6.18 Å². The summed E-state index contributed by atoms with van der Waals surface area (Å²) in [5.41, 5.74) is 1.62. The van der Waals surface area contributed by atoms with Crippen molar-refractivity contribution in [3.63, 3.8) is 0 Å². The highest BCUT2D eigenvalue weighted by Gasteiger charge is 2.34. The number of halogens is 4. The lowest BCUT2D eigenvalue weighted by atomic mass is 10.0. The summed E-state index contributed by atoms with van der Waals surface area (Å²) in [6.07, 6.45) is -3.25. The average molecular weight is 250 g/mol. The van der Waals surface area contributed by atoms with Gasteiger partial charge in [-0.1, -0.05) is 19.4 Å². The van der Waals surface area contributed by atoms with Gasteiger partial charge in [0, 0.05) is 6.04 Å². The second-order valence-corrected chi connectivity index (χ2v) is 3.74. The topological polar surface area (TPSA) is 38.0 Å². The number of alkyl halides is 3. The molecule has 0 aliphatic rings. The molecule has 2 nitrogen and oxygen atoms in total. The number of nitrogens with two attached hydrogens (primary N) is 1. The van der Waals surface area contributed by atoms with E-state index in [1.54, 1.807) is 0 Å². The van der Waals surface area contributed by atoms with Crippen LogP contribution in [-0.4, -0.2) is 0 Å². The second kappa shape index (κ2) is 5.46. The van der Waals surface area contributed by atoms with E-state index >= 15 is 0 Å². The molecule has 1 aromatic rings. The van der Waals surface area contributed by atoms with Crippen molar-refractivity contribution in [2.24, 2.45) is 5.84 Å². The van der Waals surface area contributed by atoms with Gasteiger partial charge in [-0.3, -0.25) is 11.3 Å². The van der Waals surface area contributed by atoms with Gasteiger partial charge in [0.2, 0.25) is 0 Å². The highest BCUT2D eigenvalue weighted by molar-refractivity contribution is 5.28. The molecule has 1 rings (SSSR count). The normalized spacial score (nSPS) is 13.8. The zero-order valence-corrected chi connectivity index (χ0v) is 9.31. The number of hydrogen-bond donors (Lipinski definition) is 2. The Balaban J connectivity index is 3.03. The van der Waals surface area contributed by atoms with Gasteiger partial charge in [0.15, 0.2) is 0 Å². The summed E-state index contributed by atoms with van der Waals surface area (Å²) in [4.78, 5) is 0. The number of hydrogen-bond acceptors (Lipinski definition) is 2. The first-order chi connectivity index (χ1) is 7.90. The van der Waals surface area contributed by atoms with Crippen molar-refractivity contribution >= 4 is 0 Å². The van der Waals surface area contributed by atoms with Gasteiger partial charge < -0.3 is 0 Å². The minimum absolute atomic E-state index is 0.336. The van der Waals surface area contributed by atoms with Crippen LogP contribution in [0.5, 0.6) is 0 Å². The third-order valence-electron chi connectivity index (χ3n) is 2.48. The monoisotopic (exact) mass is 250 g/mol. The lowest BCUT2D eigenvalue weighted by Crippen LogP contribution is -2.28. The highest BCUT2D eigenvalue weighted by Crippen LogP contribution is 2.32. The fraction of sp³-hybridized carbons (Fsp3) is 0.455. The molecule has 6 heteroatoms. The van der Waals surface area contributed by atoms with E-state index in [0.717, 1.165) is 18.6 Å². The van der Waals surface area contributed by atoms with Gasteiger partial charge >= 0.3 is 6.18 Å². The zero-order chi connectivity index (χ0) is 13.1. The Morgan fingerprint density at radius 3 is 2.41 bits per heavy atom. The molecule has 0 spiro atoms. The smallest absolute Gasteiger partial charge is 0.271 e. The zero-order valence-electron chi connectivity index (χ0n) is 9.31. The first-order valence-electron chi connectivity index (χ1n) is 5.23. The molecule has 0 amide bonds. The van der Waals surface area contributed by atoms with Crippen LogP contribution in [0.15, 0.2) is 18.2 Å². The molecule has 0 bridgehead atoms. The van der Waals surface area contributed by atoms with Crippen LogP contribution in [0.4, 0.5) is 17.6 Å². The Bertz CT molecular complexity index is 376. The quantitative estimate of drug-likeness (QED) is 0.489. The summed E-state index contributed by atoms with van der Waals surface area (Å²) in [7, 11) is 0. The lowest BCUT2D eigenvalue weighted by molar-refractivity contribution is -0.140. The molecule has 0 aliphatic carbocycles. The molecular formula is C11H14F4N2. The van der Waals surface area contributed by atoms with Crippen molar-refractivity contribution in [1.29, 1.82) is 0 Å². The van der Waals surface area contributed by atoms with Crippen LogP contribution >= 0.6 is 0 Å². The number of hydrazine groups is 1. The first-order valence-corrected chi connectivity index (χ1v) is 5.23. The van der Waals surface area contributed by atoms with Crippen LogP contribution in [0.1, 0.15) is 36.9 Å². The van der Waals surface area contributed by atoms with E-state index in [4.69, 9.17) is 5.84 Å². The predicted molar refractivity (Wildman–Crippen MR) is 56.4 cm³/mol. The third-order valence-corrected chi connectivity index (χ3v) is 2.48. The van der Waals surface area contributed by atoms with Gasteiger partial charge in [-0.25, -0.2) is 4.39 Å². The lowest BCUT2D eigenvalue weighted by Gasteiger charge is -2.16. The SMILES string of the molecule is CCCC(NN)c1ccc(C(F)(F)F)c(F)c1. The molecule has 0 heterocycles. The Labute approximate surface area is 96.8 Å². The molecule has 0 fully saturated rings. The molecule has 1 atom stereocenters. The van der Waals surface area contributed by atoms with Crippen molar-refractivity contribution < 1.29 is 17.6 Å². The summed E-state index contributed by atoms with van der Waals surface area (Å²) in [5.74, 6) is 4.00. The fourth-order valence-electron chi connectivity index (χ4n) is 1.61. The van der Waals surface area contributed by atoms with Crippen molar-refractivity contribution in [3.05, 3.63) is 35.1 Å². The van der Waals surface area contributed by atoms with Gasteiger partial charge in [0.1, 0.15) is 5.82 Å². The van der Waals surface area contributed by atoms with Gasteiger partial charge in [-0.2, -0.15) is 13.2 Å². The summed E-state index contributed by atoms with van der Waals surface area (Å²) in [6, 6.07) is 2.52. The second-order valence-electron chi connectivity index (χ2n) is 3.74. The molecule has 96 valence electrons. The van der Waals surface area contributed by atoms with Crippen molar-refractivity contribution in [3.8, 4) is 0 Å². The molecule has 0 saturated heterocycles. The summed E-state index contributed by atoms with van der Waals surface area (Å²) < 4.78 is 50.3. The number of rotatable bonds is 4. The minimum Gasteiger partial charge on any atom is -0.271 e. The largest absolute Gasteiger partial charge is 0.419 e. The summed E-state index contributed by atoms with van der Waals surface area (Å²) >= 11 is 0. The third kappa shape index (κ3) is 3.41. The molecular weight excluding hydrogens is 236 g/mol. The Morgan fingerprint density at radius 1 is 1.35 bits per heavy atom. The minimum atomic E-state index is -4.67. The molecule has 1 aromatic carbocycles. The summed E-state index contributed by atoms with van der Waals surface area (Å²) in [6.45, 7) is 1.91. The van der Waals surface area contributed by atoms with E-state index < -0.39 is 17.6 Å². The molecule has 3 N–H and O–H groups in total. The Hall–Kier alpha value is -1.14. The van der Waals surface area contributed by atoms with Gasteiger partial charge in [0.05, 0.1) is 5.56 Å². The maximum atomic E-state index is 13.3. The molecule has 0 saturated carbocycles. The van der Waals surface area contributed by atoms with Gasteiger partial charge in [-0.05, 0) is 24.1 Å². The van der Waals surface area contributed by atoms with Crippen LogP contribution < -0.4 is 11.3 Å². The van der Waals surface area contributed by atoms with Gasteiger partial charge in [-0.15, -0.1) is 0 Å². The molecule has 0 aliphatic heterocycles. The van der Waals surface area contributed by atoms with E-state index in [1.165, 1.54) is 6.07 Å². The number of nitrogens with one attached hydrogen (secondary N) is 1. The standard InChI is InChI=1S/C11H14F4N2/c1-2-3-10(17-16)7-4-5-8(9(12)6-7)11(13,14)15/h4-6,10,17H,2-3,16H2,1H3. The van der Waals surface area contributed by atoms with Crippen LogP contribution in [0, 0.1) is 5.82 Å². The van der Waals surface area contributed by atoms with Crippen LogP contribution in [0.2, 0.25) is 0 Å². The van der Waals surface area contributed by atoms with E-state index in [9.17, 15) is 17.6 Å². The molecule has 0 radical (unpaired) electrons. The van der Waals surface area contributed by atoms with E-state index in [0.29, 0.717) is 12.0 Å². The van der Waals surface area contributed by atoms with Crippen LogP contribution in [0.3, 0.4) is 0 Å². The molecule has 0 aromatic heterocycles. The highest BCUT2D eigenvalue weighted by atomic mass is 19.4. The van der Waals surface area contributed by atoms with Crippen LogP contribution in [0.25, 0.3) is 0 Å². The van der Waals surface area contributed by atoms with Crippen molar-refractivity contribution in [2.45, 2.75) is 32.0 Å². The Morgan fingerprint density at radius 2 is 2.00 bits per heavy atom. The van der Waals surface area contributed by atoms with Crippen molar-refractivity contribution in [1.82, 2.24) is 5.43 Å². The van der Waals surface area contributed by atoms with E-state index in [1.807, 2.05) is 6.92 Å². The van der Waals surface area contributed by atoms with E-state index in [2.05, 4.69) is 5.43 Å². The van der Waals surface area contributed by atoms with Gasteiger partial charge in [0.25, 0.3) is 0 Å². The van der Waals surface area contributed by atoms with Crippen molar-refractivity contribution in [2.75, 3.05) is 0 Å². The molecule has 1 unspecified atom stereocenters. The predicted octanol–water partition coefficient (Wildman–Crippen LogP) is 3.15. The fourth-order valence-corrected chi connectivity index (χ4v) is 1.61. The Kier molecular flexibility index (Phi) is 4.47. The average Bonchev–Trinajstić information content (AvgIpc) is 2.23. The first kappa shape index (κ1) is 13.9. The number of benzene rings is 1.